The lowest BCUT2D eigenvalue weighted by Gasteiger charge is -2.14. The van der Waals surface area contributed by atoms with E-state index < -0.39 is 0 Å². The molecule has 126 valence electrons. The van der Waals surface area contributed by atoms with Crippen LogP contribution < -0.4 is 10.2 Å². The quantitative estimate of drug-likeness (QED) is 0.807. The summed E-state index contributed by atoms with van der Waals surface area (Å²) in [6.45, 7) is 9.07. The molecule has 2 rings (SSSR count). The van der Waals surface area contributed by atoms with E-state index in [0.717, 1.165) is 22.8 Å². The summed E-state index contributed by atoms with van der Waals surface area (Å²) in [6.07, 6.45) is 0. The van der Waals surface area contributed by atoms with Gasteiger partial charge in [0, 0.05) is 24.4 Å². The third kappa shape index (κ3) is 3.89. The number of hydrogen-bond acceptors (Lipinski definition) is 6. The normalized spacial score (nSPS) is 10.8. The predicted octanol–water partition coefficient (Wildman–Crippen LogP) is 1.93. The fraction of sp³-hybridized carbons (Fsp3) is 0.533. The van der Waals surface area contributed by atoms with Crippen LogP contribution in [-0.2, 0) is 17.9 Å². The Balaban J connectivity index is 2.10. The maximum absolute atomic E-state index is 11.6. The summed E-state index contributed by atoms with van der Waals surface area (Å²) in [5, 5.41) is 19.5. The first kappa shape index (κ1) is 17.4. The van der Waals surface area contributed by atoms with Crippen LogP contribution in [0, 0.1) is 13.8 Å². The second-order valence-electron chi connectivity index (χ2n) is 5.24. The number of rotatable bonds is 7. The van der Waals surface area contributed by atoms with Crippen molar-refractivity contribution in [1.29, 1.82) is 0 Å². The highest BCUT2D eigenvalue weighted by atomic mass is 32.1. The highest BCUT2D eigenvalue weighted by Gasteiger charge is 2.15. The van der Waals surface area contributed by atoms with E-state index >= 15 is 0 Å². The van der Waals surface area contributed by atoms with E-state index in [0.29, 0.717) is 24.8 Å². The van der Waals surface area contributed by atoms with Gasteiger partial charge in [-0.2, -0.15) is 5.10 Å². The Hall–Kier alpha value is -1.93. The summed E-state index contributed by atoms with van der Waals surface area (Å²) in [6, 6.07) is 0. The molecular weight excluding hydrogens is 314 g/mol. The van der Waals surface area contributed by atoms with Crippen molar-refractivity contribution >= 4 is 28.2 Å². The monoisotopic (exact) mass is 337 g/mol. The van der Waals surface area contributed by atoms with Crippen molar-refractivity contribution in [2.45, 2.75) is 40.8 Å². The standard InChI is InChI=1S/C15H23N5O2S/c1-5-19(12(4)22)15-17-13(9-23-15)8-16-14-10(2)11(3)18-20(14)6-7-21/h9,16,21H,5-8H2,1-4H3. The molecule has 2 heterocycles. The smallest absolute Gasteiger partial charge is 0.225 e. The molecule has 0 aliphatic rings. The minimum Gasteiger partial charge on any atom is -0.394 e. The number of carbonyl (C=O) groups excluding carboxylic acids is 1. The lowest BCUT2D eigenvalue weighted by molar-refractivity contribution is -0.116. The Kier molecular flexibility index (Phi) is 5.73. The average molecular weight is 337 g/mol. The van der Waals surface area contributed by atoms with Crippen LogP contribution in [0.15, 0.2) is 5.38 Å². The molecule has 0 aliphatic carbocycles. The van der Waals surface area contributed by atoms with Crippen molar-refractivity contribution < 1.29 is 9.90 Å². The molecule has 8 heteroatoms. The van der Waals surface area contributed by atoms with Crippen LogP contribution in [0.4, 0.5) is 10.9 Å². The average Bonchev–Trinajstić information content (AvgIpc) is 3.05. The number of nitrogens with zero attached hydrogens (tertiary/aromatic N) is 4. The van der Waals surface area contributed by atoms with Gasteiger partial charge in [-0.25, -0.2) is 9.67 Å². The molecule has 7 nitrogen and oxygen atoms in total. The molecule has 0 saturated heterocycles. The molecule has 0 radical (unpaired) electrons. The maximum atomic E-state index is 11.6. The van der Waals surface area contributed by atoms with Crippen LogP contribution >= 0.6 is 11.3 Å². The van der Waals surface area contributed by atoms with E-state index in [2.05, 4.69) is 15.4 Å². The molecule has 0 saturated carbocycles. The molecule has 0 unspecified atom stereocenters. The van der Waals surface area contributed by atoms with Crippen LogP contribution in [0.5, 0.6) is 0 Å². The van der Waals surface area contributed by atoms with Crippen molar-refractivity contribution in [2.75, 3.05) is 23.4 Å². The molecule has 0 aliphatic heterocycles. The third-order valence-corrected chi connectivity index (χ3v) is 4.55. The molecule has 0 spiro atoms. The number of aromatic nitrogens is 3. The van der Waals surface area contributed by atoms with Crippen LogP contribution in [0.1, 0.15) is 30.8 Å². The second kappa shape index (κ2) is 7.56. The van der Waals surface area contributed by atoms with Crippen LogP contribution in [0.25, 0.3) is 0 Å². The Morgan fingerprint density at radius 3 is 2.83 bits per heavy atom. The van der Waals surface area contributed by atoms with E-state index in [1.807, 2.05) is 26.2 Å². The van der Waals surface area contributed by atoms with Crippen LogP contribution in [0.2, 0.25) is 0 Å². The number of thiazole rings is 1. The summed E-state index contributed by atoms with van der Waals surface area (Å²) in [7, 11) is 0. The first-order valence-electron chi connectivity index (χ1n) is 7.59. The number of aliphatic hydroxyl groups is 1. The summed E-state index contributed by atoms with van der Waals surface area (Å²) < 4.78 is 1.77. The molecule has 23 heavy (non-hydrogen) atoms. The third-order valence-electron chi connectivity index (χ3n) is 3.64. The fourth-order valence-electron chi connectivity index (χ4n) is 2.32. The van der Waals surface area contributed by atoms with Crippen LogP contribution in [0.3, 0.4) is 0 Å². The Morgan fingerprint density at radius 2 is 2.22 bits per heavy atom. The van der Waals surface area contributed by atoms with E-state index in [1.54, 1.807) is 16.5 Å². The van der Waals surface area contributed by atoms with Gasteiger partial charge >= 0.3 is 0 Å². The Bertz CT molecular complexity index is 679. The van der Waals surface area contributed by atoms with Crippen molar-refractivity contribution in [3.63, 3.8) is 0 Å². The first-order chi connectivity index (χ1) is 11.0. The summed E-state index contributed by atoms with van der Waals surface area (Å²) in [4.78, 5) is 17.7. The SMILES string of the molecule is CCN(C(C)=O)c1nc(CNc2c(C)c(C)nn2CCO)cs1. The van der Waals surface area contributed by atoms with Crippen LogP contribution in [-0.4, -0.2) is 38.9 Å². The number of aliphatic hydroxyl groups excluding tert-OH is 1. The van der Waals surface area contributed by atoms with Crippen molar-refractivity contribution in [2.24, 2.45) is 0 Å². The largest absolute Gasteiger partial charge is 0.394 e. The molecule has 1 amide bonds. The van der Waals surface area contributed by atoms with Gasteiger partial charge in [-0.15, -0.1) is 11.3 Å². The zero-order valence-electron chi connectivity index (χ0n) is 14.0. The van der Waals surface area contributed by atoms with Crippen molar-refractivity contribution in [3.05, 3.63) is 22.3 Å². The van der Waals surface area contributed by atoms with Gasteiger partial charge in [-0.1, -0.05) is 0 Å². The second-order valence-corrected chi connectivity index (χ2v) is 6.08. The first-order valence-corrected chi connectivity index (χ1v) is 8.47. The number of anilines is 2. The van der Waals surface area contributed by atoms with Gasteiger partial charge in [-0.05, 0) is 20.8 Å². The summed E-state index contributed by atoms with van der Waals surface area (Å²) in [5.74, 6) is 0.888. The molecule has 0 atom stereocenters. The van der Waals surface area contributed by atoms with E-state index in [1.165, 1.54) is 11.3 Å². The van der Waals surface area contributed by atoms with Gasteiger partial charge in [0.15, 0.2) is 5.13 Å². The minimum atomic E-state index is -0.00569. The molecule has 0 bridgehead atoms. The molecule has 2 N–H and O–H groups in total. The molecule has 0 aromatic carbocycles. The number of aryl methyl sites for hydroxylation is 1. The molecule has 0 fully saturated rings. The Morgan fingerprint density at radius 1 is 1.48 bits per heavy atom. The highest BCUT2D eigenvalue weighted by Crippen LogP contribution is 2.23. The number of carbonyl (C=O) groups is 1. The van der Waals surface area contributed by atoms with Gasteiger partial charge in [0.25, 0.3) is 0 Å². The van der Waals surface area contributed by atoms with Gasteiger partial charge in [0.1, 0.15) is 5.82 Å². The minimum absolute atomic E-state index is 0.00569. The number of hydrogen-bond donors (Lipinski definition) is 2. The van der Waals surface area contributed by atoms with Gasteiger partial charge in [0.2, 0.25) is 5.91 Å². The molecule has 2 aromatic heterocycles. The topological polar surface area (TPSA) is 83.3 Å². The van der Waals surface area contributed by atoms with E-state index in [-0.39, 0.29) is 12.5 Å². The Labute approximate surface area is 140 Å². The van der Waals surface area contributed by atoms with Gasteiger partial charge in [0.05, 0.1) is 31.1 Å². The maximum Gasteiger partial charge on any atom is 0.225 e. The van der Waals surface area contributed by atoms with Crippen molar-refractivity contribution in [3.8, 4) is 0 Å². The molecular formula is C15H23N5O2S. The predicted molar refractivity (Wildman–Crippen MR) is 91.9 cm³/mol. The van der Waals surface area contributed by atoms with E-state index in [4.69, 9.17) is 5.11 Å². The van der Waals surface area contributed by atoms with Crippen molar-refractivity contribution in [1.82, 2.24) is 14.8 Å². The summed E-state index contributed by atoms with van der Waals surface area (Å²) >= 11 is 1.46. The van der Waals surface area contributed by atoms with E-state index in [9.17, 15) is 4.79 Å². The lowest BCUT2D eigenvalue weighted by Crippen LogP contribution is -2.27. The molecule has 2 aromatic rings. The number of amides is 1. The van der Waals surface area contributed by atoms with Gasteiger partial charge in [-0.3, -0.25) is 9.69 Å². The summed E-state index contributed by atoms with van der Waals surface area (Å²) in [5.41, 5.74) is 2.87. The highest BCUT2D eigenvalue weighted by molar-refractivity contribution is 7.14. The number of nitrogens with one attached hydrogen (secondary N) is 1. The zero-order chi connectivity index (χ0) is 17.0. The fourth-order valence-corrected chi connectivity index (χ4v) is 3.25. The van der Waals surface area contributed by atoms with Gasteiger partial charge < -0.3 is 10.4 Å². The zero-order valence-corrected chi connectivity index (χ0v) is 14.8. The lowest BCUT2D eigenvalue weighted by atomic mass is 10.3.